The summed E-state index contributed by atoms with van der Waals surface area (Å²) in [5.74, 6) is -1.75. The Morgan fingerprint density at radius 2 is 1.87 bits per heavy atom. The van der Waals surface area contributed by atoms with Crippen molar-refractivity contribution < 1.29 is 13.6 Å². The normalized spacial score (nSPS) is 11.3. The van der Waals surface area contributed by atoms with Gasteiger partial charge in [0, 0.05) is 11.5 Å². The van der Waals surface area contributed by atoms with Crippen molar-refractivity contribution >= 4 is 11.6 Å². The van der Waals surface area contributed by atoms with Crippen LogP contribution < -0.4 is 5.32 Å². The Morgan fingerprint density at radius 3 is 2.33 bits per heavy atom. The maximum atomic E-state index is 13.1. The average molecular weight is 213 g/mol. The second-order valence-electron chi connectivity index (χ2n) is 4.33. The van der Waals surface area contributed by atoms with Crippen LogP contribution in [0.3, 0.4) is 0 Å². The Balaban J connectivity index is 2.87. The summed E-state index contributed by atoms with van der Waals surface area (Å²) >= 11 is 0. The van der Waals surface area contributed by atoms with Crippen molar-refractivity contribution in [2.24, 2.45) is 5.41 Å². The van der Waals surface area contributed by atoms with E-state index in [1.165, 1.54) is 6.07 Å². The minimum absolute atomic E-state index is 0.00340. The fourth-order valence-corrected chi connectivity index (χ4v) is 0.901. The summed E-state index contributed by atoms with van der Waals surface area (Å²) in [6.45, 7) is 5.14. The van der Waals surface area contributed by atoms with Gasteiger partial charge in [-0.1, -0.05) is 20.8 Å². The van der Waals surface area contributed by atoms with E-state index in [-0.39, 0.29) is 11.6 Å². The monoisotopic (exact) mass is 213 g/mol. The van der Waals surface area contributed by atoms with Gasteiger partial charge in [-0.25, -0.2) is 8.78 Å². The number of nitrogens with one attached hydrogen (secondary N) is 1. The quantitative estimate of drug-likeness (QED) is 0.763. The van der Waals surface area contributed by atoms with Crippen molar-refractivity contribution in [2.75, 3.05) is 5.32 Å². The SMILES string of the molecule is CC(C)(C)C(=O)Nc1ccc(F)cc1F. The second kappa shape index (κ2) is 3.96. The molecule has 0 radical (unpaired) electrons. The lowest BCUT2D eigenvalue weighted by molar-refractivity contribution is -0.123. The predicted octanol–water partition coefficient (Wildman–Crippen LogP) is 2.95. The molecule has 0 saturated carbocycles. The highest BCUT2D eigenvalue weighted by Gasteiger charge is 2.22. The van der Waals surface area contributed by atoms with Crippen molar-refractivity contribution in [3.8, 4) is 0 Å². The number of carbonyl (C=O) groups excluding carboxylic acids is 1. The molecule has 0 saturated heterocycles. The predicted molar refractivity (Wildman–Crippen MR) is 54.4 cm³/mol. The third kappa shape index (κ3) is 3.01. The Kier molecular flexibility index (Phi) is 3.07. The Bertz CT molecular complexity index is 383. The summed E-state index contributed by atoms with van der Waals surface area (Å²) in [4.78, 5) is 11.5. The number of carbonyl (C=O) groups is 1. The van der Waals surface area contributed by atoms with E-state index in [0.29, 0.717) is 0 Å². The van der Waals surface area contributed by atoms with Crippen LogP contribution in [0, 0.1) is 17.0 Å². The highest BCUT2D eigenvalue weighted by atomic mass is 19.1. The molecule has 1 amide bonds. The summed E-state index contributed by atoms with van der Waals surface area (Å²) in [6.07, 6.45) is 0. The molecule has 1 aromatic rings. The first-order valence-corrected chi connectivity index (χ1v) is 4.57. The van der Waals surface area contributed by atoms with Crippen LogP contribution in [-0.2, 0) is 4.79 Å². The maximum Gasteiger partial charge on any atom is 0.229 e. The van der Waals surface area contributed by atoms with Gasteiger partial charge in [-0.05, 0) is 12.1 Å². The molecule has 1 aromatic carbocycles. The number of hydrogen-bond donors (Lipinski definition) is 1. The lowest BCUT2D eigenvalue weighted by Crippen LogP contribution is -2.28. The van der Waals surface area contributed by atoms with Crippen LogP contribution in [-0.4, -0.2) is 5.91 Å². The largest absolute Gasteiger partial charge is 0.323 e. The fourth-order valence-electron chi connectivity index (χ4n) is 0.901. The summed E-state index contributed by atoms with van der Waals surface area (Å²) in [7, 11) is 0. The van der Waals surface area contributed by atoms with Gasteiger partial charge >= 0.3 is 0 Å². The van der Waals surface area contributed by atoms with Crippen LogP contribution in [0.1, 0.15) is 20.8 Å². The van der Waals surface area contributed by atoms with Crippen LogP contribution in [0.5, 0.6) is 0 Å². The zero-order chi connectivity index (χ0) is 11.6. The average Bonchev–Trinajstić information content (AvgIpc) is 2.08. The Morgan fingerprint density at radius 1 is 1.27 bits per heavy atom. The van der Waals surface area contributed by atoms with Crippen molar-refractivity contribution in [1.29, 1.82) is 0 Å². The van der Waals surface area contributed by atoms with E-state index in [4.69, 9.17) is 0 Å². The van der Waals surface area contributed by atoms with Crippen LogP contribution in [0.4, 0.5) is 14.5 Å². The number of rotatable bonds is 1. The van der Waals surface area contributed by atoms with Crippen molar-refractivity contribution in [3.05, 3.63) is 29.8 Å². The minimum atomic E-state index is -0.771. The third-order valence-electron chi connectivity index (χ3n) is 1.86. The summed E-state index contributed by atoms with van der Waals surface area (Å²) < 4.78 is 25.7. The molecule has 0 heterocycles. The number of hydrogen-bond acceptors (Lipinski definition) is 1. The first kappa shape index (κ1) is 11.6. The Hall–Kier alpha value is -1.45. The van der Waals surface area contributed by atoms with E-state index in [9.17, 15) is 13.6 Å². The smallest absolute Gasteiger partial charge is 0.229 e. The molecule has 0 unspecified atom stereocenters. The molecule has 15 heavy (non-hydrogen) atoms. The standard InChI is InChI=1S/C11H13F2NO/c1-11(2,3)10(15)14-9-5-4-7(12)6-8(9)13/h4-6H,1-3H3,(H,14,15). The van der Waals surface area contributed by atoms with Gasteiger partial charge in [0.05, 0.1) is 5.69 Å². The lowest BCUT2D eigenvalue weighted by atomic mass is 9.95. The van der Waals surface area contributed by atoms with Gasteiger partial charge in [0.15, 0.2) is 0 Å². The van der Waals surface area contributed by atoms with Gasteiger partial charge in [-0.15, -0.1) is 0 Å². The van der Waals surface area contributed by atoms with Crippen LogP contribution in [0.15, 0.2) is 18.2 Å². The summed E-state index contributed by atoms with van der Waals surface area (Å²) in [5, 5.41) is 2.40. The van der Waals surface area contributed by atoms with E-state index in [0.717, 1.165) is 12.1 Å². The number of halogens is 2. The van der Waals surface area contributed by atoms with Crippen LogP contribution in [0.2, 0.25) is 0 Å². The van der Waals surface area contributed by atoms with Crippen molar-refractivity contribution in [3.63, 3.8) is 0 Å². The molecule has 0 spiro atoms. The topological polar surface area (TPSA) is 29.1 Å². The molecule has 4 heteroatoms. The molecule has 0 aliphatic heterocycles. The Labute approximate surface area is 87.3 Å². The van der Waals surface area contributed by atoms with E-state index < -0.39 is 17.0 Å². The highest BCUT2D eigenvalue weighted by molar-refractivity contribution is 5.94. The van der Waals surface area contributed by atoms with Gasteiger partial charge in [-0.3, -0.25) is 4.79 Å². The third-order valence-corrected chi connectivity index (χ3v) is 1.86. The zero-order valence-corrected chi connectivity index (χ0v) is 8.90. The van der Waals surface area contributed by atoms with Crippen LogP contribution >= 0.6 is 0 Å². The molecule has 1 rings (SSSR count). The molecule has 2 nitrogen and oxygen atoms in total. The first-order valence-electron chi connectivity index (χ1n) is 4.57. The molecular formula is C11H13F2NO. The van der Waals surface area contributed by atoms with Gasteiger partial charge < -0.3 is 5.32 Å². The van der Waals surface area contributed by atoms with Gasteiger partial charge in [0.25, 0.3) is 0 Å². The molecule has 0 fully saturated rings. The van der Waals surface area contributed by atoms with E-state index in [2.05, 4.69) is 5.32 Å². The van der Waals surface area contributed by atoms with Gasteiger partial charge in [0.1, 0.15) is 11.6 Å². The summed E-state index contributed by atoms with van der Waals surface area (Å²) in [5.41, 5.74) is -0.614. The molecule has 0 aromatic heterocycles. The zero-order valence-electron chi connectivity index (χ0n) is 8.90. The summed E-state index contributed by atoms with van der Waals surface area (Å²) in [6, 6.07) is 3.04. The van der Waals surface area contributed by atoms with E-state index in [1.54, 1.807) is 20.8 Å². The number of benzene rings is 1. The number of anilines is 1. The minimum Gasteiger partial charge on any atom is -0.323 e. The maximum absolute atomic E-state index is 13.1. The van der Waals surface area contributed by atoms with E-state index >= 15 is 0 Å². The molecular weight excluding hydrogens is 200 g/mol. The highest BCUT2D eigenvalue weighted by Crippen LogP contribution is 2.20. The van der Waals surface area contributed by atoms with Crippen LogP contribution in [0.25, 0.3) is 0 Å². The van der Waals surface area contributed by atoms with Crippen molar-refractivity contribution in [1.82, 2.24) is 0 Å². The van der Waals surface area contributed by atoms with Gasteiger partial charge in [0.2, 0.25) is 5.91 Å². The molecule has 0 atom stereocenters. The second-order valence-corrected chi connectivity index (χ2v) is 4.33. The van der Waals surface area contributed by atoms with E-state index in [1.807, 2.05) is 0 Å². The first-order chi connectivity index (χ1) is 6.80. The molecule has 0 bridgehead atoms. The number of amides is 1. The van der Waals surface area contributed by atoms with Gasteiger partial charge in [-0.2, -0.15) is 0 Å². The molecule has 82 valence electrons. The molecule has 0 aliphatic rings. The van der Waals surface area contributed by atoms with Crippen molar-refractivity contribution in [2.45, 2.75) is 20.8 Å². The lowest BCUT2D eigenvalue weighted by Gasteiger charge is -2.17. The fraction of sp³-hybridized carbons (Fsp3) is 0.364. The molecule has 0 aliphatic carbocycles. The molecule has 1 N–H and O–H groups in total.